The minimum Gasteiger partial charge on any atom is -0.395 e. The molecule has 0 bridgehead atoms. The van der Waals surface area contributed by atoms with Crippen LogP contribution < -0.4 is 5.73 Å². The van der Waals surface area contributed by atoms with Crippen molar-refractivity contribution in [2.24, 2.45) is 5.73 Å². The normalized spacial score (nSPS) is 23.4. The van der Waals surface area contributed by atoms with Crippen molar-refractivity contribution in [2.75, 3.05) is 19.8 Å². The molecule has 0 spiro atoms. The van der Waals surface area contributed by atoms with Gasteiger partial charge in [0, 0.05) is 12.5 Å². The first-order valence-corrected chi connectivity index (χ1v) is 3.42. The molecule has 60 valence electrons. The van der Waals surface area contributed by atoms with E-state index in [2.05, 4.69) is 0 Å². The molecular weight excluding hydrogens is 134 g/mol. The van der Waals surface area contributed by atoms with Crippen LogP contribution in [0, 0.1) is 0 Å². The van der Waals surface area contributed by atoms with E-state index >= 15 is 0 Å². The van der Waals surface area contributed by atoms with E-state index < -0.39 is 0 Å². The highest BCUT2D eigenvalue weighted by Gasteiger charge is 2.18. The van der Waals surface area contributed by atoms with E-state index in [9.17, 15) is 0 Å². The Balaban J connectivity index is 2.11. The van der Waals surface area contributed by atoms with Gasteiger partial charge in [0.2, 0.25) is 0 Å². The summed E-state index contributed by atoms with van der Waals surface area (Å²) >= 11 is 0. The molecule has 0 saturated carbocycles. The Labute approximate surface area is 59.9 Å². The summed E-state index contributed by atoms with van der Waals surface area (Å²) < 4.78 is 10.2. The average Bonchev–Trinajstić information content (AvgIpc) is 2.40. The molecule has 1 atom stereocenters. The monoisotopic (exact) mass is 147 g/mol. The fourth-order valence-electron chi connectivity index (χ4n) is 0.865. The molecule has 10 heavy (non-hydrogen) atoms. The highest BCUT2D eigenvalue weighted by Crippen LogP contribution is 2.08. The van der Waals surface area contributed by atoms with E-state index in [0.29, 0.717) is 19.6 Å². The van der Waals surface area contributed by atoms with Gasteiger partial charge in [0.15, 0.2) is 6.29 Å². The topological polar surface area (TPSA) is 64.7 Å². The molecule has 3 N–H and O–H groups in total. The summed E-state index contributed by atoms with van der Waals surface area (Å²) in [5, 5.41) is 8.56. The minimum absolute atomic E-state index is 0.0107. The second-order valence-corrected chi connectivity index (χ2v) is 2.35. The summed E-state index contributed by atoms with van der Waals surface area (Å²) in [5.41, 5.74) is 5.44. The van der Waals surface area contributed by atoms with Gasteiger partial charge >= 0.3 is 0 Å². The number of hydrogen-bond acceptors (Lipinski definition) is 4. The van der Waals surface area contributed by atoms with Gasteiger partial charge in [-0.05, 0) is 0 Å². The summed E-state index contributed by atoms with van der Waals surface area (Å²) in [4.78, 5) is 0. The van der Waals surface area contributed by atoms with E-state index in [1.54, 1.807) is 0 Å². The molecule has 1 unspecified atom stereocenters. The van der Waals surface area contributed by atoms with Crippen molar-refractivity contribution in [3.05, 3.63) is 0 Å². The van der Waals surface area contributed by atoms with Crippen LogP contribution in [0.15, 0.2) is 0 Å². The van der Waals surface area contributed by atoms with Gasteiger partial charge in [0.1, 0.15) is 0 Å². The zero-order chi connectivity index (χ0) is 7.40. The zero-order valence-electron chi connectivity index (χ0n) is 5.82. The number of hydrogen-bond donors (Lipinski definition) is 2. The lowest BCUT2D eigenvalue weighted by Crippen LogP contribution is -2.29. The third-order valence-corrected chi connectivity index (χ3v) is 1.42. The first-order valence-electron chi connectivity index (χ1n) is 3.42. The fourth-order valence-corrected chi connectivity index (χ4v) is 0.865. The molecule has 1 aliphatic heterocycles. The van der Waals surface area contributed by atoms with Crippen LogP contribution in [0.25, 0.3) is 0 Å². The van der Waals surface area contributed by atoms with Crippen LogP contribution in [0.2, 0.25) is 0 Å². The van der Waals surface area contributed by atoms with Crippen LogP contribution in [0.1, 0.15) is 6.42 Å². The lowest BCUT2D eigenvalue weighted by atomic mass is 10.2. The SMILES string of the molecule is NC(CO)CC1OCCO1. The summed E-state index contributed by atoms with van der Waals surface area (Å²) in [6.45, 7) is 1.27. The van der Waals surface area contributed by atoms with Gasteiger partial charge in [-0.3, -0.25) is 0 Å². The number of aliphatic hydroxyl groups is 1. The lowest BCUT2D eigenvalue weighted by Gasteiger charge is -2.12. The molecule has 0 aliphatic carbocycles. The van der Waals surface area contributed by atoms with Crippen LogP contribution in [0.5, 0.6) is 0 Å². The quantitative estimate of drug-likeness (QED) is 0.541. The van der Waals surface area contributed by atoms with Crippen LogP contribution in [-0.4, -0.2) is 37.3 Å². The largest absolute Gasteiger partial charge is 0.395 e. The molecule has 4 heteroatoms. The van der Waals surface area contributed by atoms with Crippen LogP contribution in [-0.2, 0) is 9.47 Å². The number of rotatable bonds is 3. The number of nitrogens with two attached hydrogens (primary N) is 1. The van der Waals surface area contributed by atoms with Gasteiger partial charge in [0.05, 0.1) is 19.8 Å². The molecule has 1 rings (SSSR count). The molecule has 1 saturated heterocycles. The maximum absolute atomic E-state index is 8.56. The van der Waals surface area contributed by atoms with E-state index in [-0.39, 0.29) is 18.9 Å². The van der Waals surface area contributed by atoms with Crippen molar-refractivity contribution in [3.63, 3.8) is 0 Å². The van der Waals surface area contributed by atoms with Crippen molar-refractivity contribution < 1.29 is 14.6 Å². The second-order valence-electron chi connectivity index (χ2n) is 2.35. The molecule has 0 aromatic rings. The molecule has 0 aromatic carbocycles. The van der Waals surface area contributed by atoms with Crippen LogP contribution >= 0.6 is 0 Å². The second kappa shape index (κ2) is 3.88. The molecule has 1 aliphatic rings. The summed E-state index contributed by atoms with van der Waals surface area (Å²) in [6.07, 6.45) is 0.387. The van der Waals surface area contributed by atoms with Gasteiger partial charge in [-0.1, -0.05) is 0 Å². The van der Waals surface area contributed by atoms with Gasteiger partial charge in [-0.25, -0.2) is 0 Å². The van der Waals surface area contributed by atoms with E-state index in [1.165, 1.54) is 0 Å². The van der Waals surface area contributed by atoms with E-state index in [1.807, 2.05) is 0 Å². The fraction of sp³-hybridized carbons (Fsp3) is 1.00. The van der Waals surface area contributed by atoms with Crippen LogP contribution in [0.4, 0.5) is 0 Å². The van der Waals surface area contributed by atoms with Crippen LogP contribution in [0.3, 0.4) is 0 Å². The third-order valence-electron chi connectivity index (χ3n) is 1.42. The summed E-state index contributed by atoms with van der Waals surface area (Å²) in [6, 6.07) is -0.219. The Morgan fingerprint density at radius 2 is 2.10 bits per heavy atom. The lowest BCUT2D eigenvalue weighted by molar-refractivity contribution is -0.0532. The number of aliphatic hydroxyl groups excluding tert-OH is 1. The first-order chi connectivity index (χ1) is 4.83. The highest BCUT2D eigenvalue weighted by molar-refractivity contribution is 4.63. The van der Waals surface area contributed by atoms with Crippen molar-refractivity contribution in [1.82, 2.24) is 0 Å². The summed E-state index contributed by atoms with van der Waals surface area (Å²) in [5.74, 6) is 0. The average molecular weight is 147 g/mol. The Kier molecular flexibility index (Phi) is 3.08. The Hall–Kier alpha value is -0.160. The molecular formula is C6H13NO3. The van der Waals surface area contributed by atoms with E-state index in [0.717, 1.165) is 0 Å². The van der Waals surface area contributed by atoms with Gasteiger partial charge in [-0.15, -0.1) is 0 Å². The molecule has 1 fully saturated rings. The molecule has 0 radical (unpaired) electrons. The molecule has 4 nitrogen and oxygen atoms in total. The van der Waals surface area contributed by atoms with Crippen molar-refractivity contribution in [2.45, 2.75) is 18.8 Å². The minimum atomic E-state index is -0.219. The Morgan fingerprint density at radius 1 is 1.50 bits per heavy atom. The Bertz CT molecular complexity index is 93.0. The van der Waals surface area contributed by atoms with Gasteiger partial charge < -0.3 is 20.3 Å². The molecule has 0 aromatic heterocycles. The van der Waals surface area contributed by atoms with Crippen molar-refractivity contribution >= 4 is 0 Å². The predicted molar refractivity (Wildman–Crippen MR) is 35.4 cm³/mol. The van der Waals surface area contributed by atoms with Gasteiger partial charge in [-0.2, -0.15) is 0 Å². The van der Waals surface area contributed by atoms with Gasteiger partial charge in [0.25, 0.3) is 0 Å². The van der Waals surface area contributed by atoms with Crippen molar-refractivity contribution in [3.8, 4) is 0 Å². The van der Waals surface area contributed by atoms with Crippen molar-refractivity contribution in [1.29, 1.82) is 0 Å². The maximum Gasteiger partial charge on any atom is 0.159 e. The number of ether oxygens (including phenoxy) is 2. The predicted octanol–water partition coefficient (Wildman–Crippen LogP) is -0.931. The maximum atomic E-state index is 8.56. The van der Waals surface area contributed by atoms with E-state index in [4.69, 9.17) is 20.3 Å². The highest BCUT2D eigenvalue weighted by atomic mass is 16.7. The smallest absolute Gasteiger partial charge is 0.159 e. The Morgan fingerprint density at radius 3 is 2.60 bits per heavy atom. The molecule has 1 heterocycles. The zero-order valence-corrected chi connectivity index (χ0v) is 5.82. The third kappa shape index (κ3) is 2.22. The molecule has 0 amide bonds. The summed E-state index contributed by atoms with van der Waals surface area (Å²) in [7, 11) is 0. The first kappa shape index (κ1) is 7.94. The standard InChI is InChI=1S/C6H13NO3/c7-5(4-8)3-6-9-1-2-10-6/h5-6,8H,1-4,7H2.